The van der Waals surface area contributed by atoms with E-state index in [-0.39, 0.29) is 6.04 Å². The zero-order chi connectivity index (χ0) is 14.7. The first kappa shape index (κ1) is 13.6. The van der Waals surface area contributed by atoms with Crippen molar-refractivity contribution in [2.75, 3.05) is 14.2 Å². The summed E-state index contributed by atoms with van der Waals surface area (Å²) >= 11 is 0. The fourth-order valence-corrected chi connectivity index (χ4v) is 2.55. The Bertz CT molecular complexity index is 718. The number of ether oxygens (including phenoxy) is 1. The monoisotopic (exact) mass is 281 g/mol. The van der Waals surface area contributed by atoms with Crippen molar-refractivity contribution in [2.45, 2.75) is 12.6 Å². The average molecular weight is 281 g/mol. The molecular weight excluding hydrogens is 262 g/mol. The average Bonchev–Trinajstić information content (AvgIpc) is 2.96. The van der Waals surface area contributed by atoms with Crippen LogP contribution in [-0.4, -0.2) is 23.7 Å². The number of methoxy groups -OCH3 is 1. The highest BCUT2D eigenvalue weighted by Crippen LogP contribution is 2.21. The Hall–Kier alpha value is -2.33. The molecule has 0 radical (unpaired) electrons. The van der Waals surface area contributed by atoms with Crippen LogP contribution < -0.4 is 10.1 Å². The molecule has 0 fully saturated rings. The second-order valence-corrected chi connectivity index (χ2v) is 5.00. The van der Waals surface area contributed by atoms with Gasteiger partial charge in [0.15, 0.2) is 0 Å². The molecule has 4 nitrogen and oxygen atoms in total. The van der Waals surface area contributed by atoms with Gasteiger partial charge in [0.2, 0.25) is 0 Å². The van der Waals surface area contributed by atoms with Gasteiger partial charge in [-0.2, -0.15) is 0 Å². The molecule has 0 saturated carbocycles. The highest BCUT2D eigenvalue weighted by atomic mass is 16.5. The zero-order valence-corrected chi connectivity index (χ0v) is 12.3. The number of aromatic nitrogens is 2. The largest absolute Gasteiger partial charge is 0.497 e. The lowest BCUT2D eigenvalue weighted by atomic mass is 10.1. The fraction of sp³-hybridized carbons (Fsp3) is 0.235. The van der Waals surface area contributed by atoms with Crippen LogP contribution in [-0.2, 0) is 6.54 Å². The van der Waals surface area contributed by atoms with Crippen molar-refractivity contribution in [3.05, 3.63) is 60.4 Å². The number of hydrogen-bond donors (Lipinski definition) is 1. The molecule has 0 bridgehead atoms. The van der Waals surface area contributed by atoms with Gasteiger partial charge >= 0.3 is 0 Å². The van der Waals surface area contributed by atoms with Gasteiger partial charge in [0.1, 0.15) is 5.75 Å². The lowest BCUT2D eigenvalue weighted by Crippen LogP contribution is -2.21. The van der Waals surface area contributed by atoms with Crippen molar-refractivity contribution in [3.8, 4) is 5.75 Å². The summed E-state index contributed by atoms with van der Waals surface area (Å²) in [6, 6.07) is 16.6. The maximum atomic E-state index is 5.21. The number of rotatable bonds is 5. The molecule has 3 rings (SSSR count). The van der Waals surface area contributed by atoms with Crippen LogP contribution in [0.1, 0.15) is 11.6 Å². The van der Waals surface area contributed by atoms with Crippen LogP contribution >= 0.6 is 0 Å². The van der Waals surface area contributed by atoms with Gasteiger partial charge in [-0.25, -0.2) is 4.98 Å². The molecule has 1 atom stereocenters. The number of nitrogens with zero attached hydrogens (tertiary/aromatic N) is 2. The molecule has 0 amide bonds. The van der Waals surface area contributed by atoms with E-state index in [9.17, 15) is 0 Å². The number of para-hydroxylation sites is 2. The third-order valence-electron chi connectivity index (χ3n) is 3.77. The predicted octanol–water partition coefficient (Wildman–Crippen LogP) is 3.01. The Kier molecular flexibility index (Phi) is 3.88. The van der Waals surface area contributed by atoms with E-state index >= 15 is 0 Å². The molecule has 0 aliphatic rings. The summed E-state index contributed by atoms with van der Waals surface area (Å²) in [5.74, 6) is 0.877. The normalized spacial score (nSPS) is 12.5. The minimum atomic E-state index is 0.230. The standard InChI is InChI=1S/C17H19N3O/c1-18-16(13-7-9-14(21-2)10-8-13)11-20-12-19-15-5-3-4-6-17(15)20/h3-10,12,16,18H,11H2,1-2H3. The summed E-state index contributed by atoms with van der Waals surface area (Å²) in [5, 5.41) is 3.37. The minimum absolute atomic E-state index is 0.230. The number of benzene rings is 2. The Labute approximate surface area is 124 Å². The van der Waals surface area contributed by atoms with Crippen molar-refractivity contribution in [2.24, 2.45) is 0 Å². The number of fused-ring (bicyclic) bond motifs is 1. The molecule has 1 unspecified atom stereocenters. The maximum Gasteiger partial charge on any atom is 0.118 e. The Morgan fingerprint density at radius 2 is 1.90 bits per heavy atom. The molecule has 1 heterocycles. The Morgan fingerprint density at radius 1 is 1.14 bits per heavy atom. The first-order valence-corrected chi connectivity index (χ1v) is 7.03. The van der Waals surface area contributed by atoms with Crippen LogP contribution in [0.25, 0.3) is 11.0 Å². The second kappa shape index (κ2) is 5.97. The molecule has 2 aromatic carbocycles. The van der Waals surface area contributed by atoms with Crippen molar-refractivity contribution >= 4 is 11.0 Å². The van der Waals surface area contributed by atoms with Crippen molar-refractivity contribution in [3.63, 3.8) is 0 Å². The van der Waals surface area contributed by atoms with Gasteiger partial charge in [-0.3, -0.25) is 0 Å². The van der Waals surface area contributed by atoms with E-state index in [0.717, 1.165) is 23.3 Å². The van der Waals surface area contributed by atoms with E-state index in [1.807, 2.05) is 43.7 Å². The zero-order valence-electron chi connectivity index (χ0n) is 12.3. The number of likely N-dealkylation sites (N-methyl/N-ethyl adjacent to an activating group) is 1. The highest BCUT2D eigenvalue weighted by Gasteiger charge is 2.12. The van der Waals surface area contributed by atoms with Crippen molar-refractivity contribution in [1.29, 1.82) is 0 Å². The van der Waals surface area contributed by atoms with Gasteiger partial charge < -0.3 is 14.6 Å². The molecular formula is C17H19N3O. The third-order valence-corrected chi connectivity index (χ3v) is 3.77. The summed E-state index contributed by atoms with van der Waals surface area (Å²) < 4.78 is 7.39. The molecule has 1 N–H and O–H groups in total. The molecule has 108 valence electrons. The molecule has 21 heavy (non-hydrogen) atoms. The summed E-state index contributed by atoms with van der Waals surface area (Å²) in [7, 11) is 3.66. The van der Waals surface area contributed by atoms with Gasteiger partial charge in [-0.15, -0.1) is 0 Å². The molecule has 1 aromatic heterocycles. The number of hydrogen-bond acceptors (Lipinski definition) is 3. The quantitative estimate of drug-likeness (QED) is 0.781. The summed E-state index contributed by atoms with van der Waals surface area (Å²) in [6.07, 6.45) is 1.90. The van der Waals surface area contributed by atoms with Gasteiger partial charge in [-0.05, 0) is 36.9 Å². The molecule has 4 heteroatoms. The maximum absolute atomic E-state index is 5.21. The topological polar surface area (TPSA) is 39.1 Å². The van der Waals surface area contributed by atoms with E-state index in [4.69, 9.17) is 4.74 Å². The van der Waals surface area contributed by atoms with E-state index in [0.29, 0.717) is 0 Å². The van der Waals surface area contributed by atoms with Crippen molar-refractivity contribution in [1.82, 2.24) is 14.9 Å². The van der Waals surface area contributed by atoms with E-state index in [2.05, 4.69) is 33.1 Å². The molecule has 0 spiro atoms. The van der Waals surface area contributed by atoms with Gasteiger partial charge in [0.25, 0.3) is 0 Å². The summed E-state index contributed by atoms with van der Waals surface area (Å²) in [6.45, 7) is 0.837. The van der Waals surface area contributed by atoms with Crippen LogP contribution in [0.15, 0.2) is 54.9 Å². The first-order valence-electron chi connectivity index (χ1n) is 7.03. The molecule has 0 saturated heterocycles. The van der Waals surface area contributed by atoms with Gasteiger partial charge in [0.05, 0.1) is 30.5 Å². The van der Waals surface area contributed by atoms with Gasteiger partial charge in [0, 0.05) is 6.54 Å². The van der Waals surface area contributed by atoms with Crippen molar-refractivity contribution < 1.29 is 4.74 Å². The smallest absolute Gasteiger partial charge is 0.118 e. The SMILES string of the molecule is CNC(Cn1cnc2ccccc21)c1ccc(OC)cc1. The van der Waals surface area contributed by atoms with Crippen LogP contribution in [0, 0.1) is 0 Å². The highest BCUT2D eigenvalue weighted by molar-refractivity contribution is 5.74. The lowest BCUT2D eigenvalue weighted by molar-refractivity contribution is 0.414. The Morgan fingerprint density at radius 3 is 2.62 bits per heavy atom. The Balaban J connectivity index is 1.86. The summed E-state index contributed by atoms with van der Waals surface area (Å²) in [5.41, 5.74) is 3.42. The minimum Gasteiger partial charge on any atom is -0.497 e. The van der Waals surface area contributed by atoms with E-state index in [1.165, 1.54) is 5.56 Å². The molecule has 3 aromatic rings. The fourth-order valence-electron chi connectivity index (χ4n) is 2.55. The second-order valence-electron chi connectivity index (χ2n) is 5.00. The molecule has 0 aliphatic carbocycles. The molecule has 0 aliphatic heterocycles. The van der Waals surface area contributed by atoms with Crippen LogP contribution in [0.4, 0.5) is 0 Å². The number of nitrogens with one attached hydrogen (secondary N) is 1. The van der Waals surface area contributed by atoms with Gasteiger partial charge in [-0.1, -0.05) is 24.3 Å². The number of imidazole rings is 1. The van der Waals surface area contributed by atoms with Crippen LogP contribution in [0.2, 0.25) is 0 Å². The first-order chi connectivity index (χ1) is 10.3. The third kappa shape index (κ3) is 2.76. The lowest BCUT2D eigenvalue weighted by Gasteiger charge is -2.18. The van der Waals surface area contributed by atoms with Crippen LogP contribution in [0.3, 0.4) is 0 Å². The summed E-state index contributed by atoms with van der Waals surface area (Å²) in [4.78, 5) is 4.44. The predicted molar refractivity (Wildman–Crippen MR) is 84.5 cm³/mol. The van der Waals surface area contributed by atoms with E-state index < -0.39 is 0 Å². The van der Waals surface area contributed by atoms with Crippen LogP contribution in [0.5, 0.6) is 5.75 Å². The van der Waals surface area contributed by atoms with E-state index in [1.54, 1.807) is 7.11 Å².